The largest absolute Gasteiger partial charge is 0.465 e. The SMILES string of the molecule is CCOC(=O)[C@H](C#N)[C@H](Cc1ccccc1)[C@H]1CCOC(C)(C)C1. The summed E-state index contributed by atoms with van der Waals surface area (Å²) >= 11 is 0. The van der Waals surface area contributed by atoms with Crippen molar-refractivity contribution in [2.24, 2.45) is 17.8 Å². The Morgan fingerprint density at radius 1 is 1.42 bits per heavy atom. The second-order valence-electron chi connectivity index (χ2n) is 7.07. The maximum atomic E-state index is 12.3. The van der Waals surface area contributed by atoms with E-state index in [0.29, 0.717) is 19.6 Å². The fourth-order valence-corrected chi connectivity index (χ4v) is 3.64. The van der Waals surface area contributed by atoms with Gasteiger partial charge in [0.2, 0.25) is 0 Å². The van der Waals surface area contributed by atoms with Gasteiger partial charge >= 0.3 is 5.97 Å². The van der Waals surface area contributed by atoms with Gasteiger partial charge in [0, 0.05) is 6.61 Å². The van der Waals surface area contributed by atoms with E-state index in [1.165, 1.54) is 0 Å². The summed E-state index contributed by atoms with van der Waals surface area (Å²) in [7, 11) is 0. The van der Waals surface area contributed by atoms with Crippen LogP contribution < -0.4 is 0 Å². The molecule has 0 amide bonds. The van der Waals surface area contributed by atoms with Crippen LogP contribution in [0.25, 0.3) is 0 Å². The minimum Gasteiger partial charge on any atom is -0.465 e. The van der Waals surface area contributed by atoms with Gasteiger partial charge in [-0.3, -0.25) is 4.79 Å². The smallest absolute Gasteiger partial charge is 0.323 e. The van der Waals surface area contributed by atoms with Gasteiger partial charge in [0.05, 0.1) is 18.3 Å². The first kappa shape index (κ1) is 18.5. The highest BCUT2D eigenvalue weighted by Crippen LogP contribution is 2.38. The van der Waals surface area contributed by atoms with Crippen molar-refractivity contribution in [1.82, 2.24) is 0 Å². The van der Waals surface area contributed by atoms with Crippen LogP contribution in [0.1, 0.15) is 39.2 Å². The summed E-state index contributed by atoms with van der Waals surface area (Å²) in [5.74, 6) is -0.920. The number of nitrogens with zero attached hydrogens (tertiary/aromatic N) is 1. The first-order valence-electron chi connectivity index (χ1n) is 8.71. The number of benzene rings is 1. The standard InChI is InChI=1S/C20H27NO3/c1-4-23-19(22)18(14-21)17(12-15-8-6-5-7-9-15)16-10-11-24-20(2,3)13-16/h5-9,16-18H,4,10-13H2,1-3H3/t16-,17+,18+/m0/s1. The van der Waals surface area contributed by atoms with Crippen molar-refractivity contribution in [3.63, 3.8) is 0 Å². The number of rotatable bonds is 6. The Bertz CT molecular complexity index is 576. The summed E-state index contributed by atoms with van der Waals surface area (Å²) in [4.78, 5) is 12.3. The number of nitriles is 1. The zero-order valence-electron chi connectivity index (χ0n) is 14.8. The van der Waals surface area contributed by atoms with E-state index >= 15 is 0 Å². The second-order valence-corrected chi connectivity index (χ2v) is 7.07. The number of carbonyl (C=O) groups excluding carboxylic acids is 1. The zero-order chi connectivity index (χ0) is 17.6. The van der Waals surface area contributed by atoms with Crippen molar-refractivity contribution in [1.29, 1.82) is 5.26 Å². The number of carbonyl (C=O) groups is 1. The lowest BCUT2D eigenvalue weighted by Gasteiger charge is -2.40. The average Bonchev–Trinajstić information content (AvgIpc) is 2.55. The number of ether oxygens (including phenoxy) is 2. The van der Waals surface area contributed by atoms with Crippen molar-refractivity contribution in [2.75, 3.05) is 13.2 Å². The van der Waals surface area contributed by atoms with Crippen LogP contribution in [0.4, 0.5) is 0 Å². The lowest BCUT2D eigenvalue weighted by atomic mass is 9.71. The van der Waals surface area contributed by atoms with Gasteiger partial charge in [-0.05, 0) is 57.4 Å². The lowest BCUT2D eigenvalue weighted by Crippen LogP contribution is -2.41. The molecule has 1 aromatic rings. The molecule has 1 aliphatic heterocycles. The molecule has 0 spiro atoms. The average molecular weight is 329 g/mol. The van der Waals surface area contributed by atoms with Crippen molar-refractivity contribution >= 4 is 5.97 Å². The van der Waals surface area contributed by atoms with Crippen LogP contribution in [0.5, 0.6) is 0 Å². The molecular formula is C20H27NO3. The highest BCUT2D eigenvalue weighted by molar-refractivity contribution is 5.75. The maximum Gasteiger partial charge on any atom is 0.323 e. The van der Waals surface area contributed by atoms with Crippen LogP contribution in [0.15, 0.2) is 30.3 Å². The van der Waals surface area contributed by atoms with Crippen molar-refractivity contribution < 1.29 is 14.3 Å². The van der Waals surface area contributed by atoms with E-state index < -0.39 is 11.9 Å². The van der Waals surface area contributed by atoms with E-state index in [1.54, 1.807) is 6.92 Å². The van der Waals surface area contributed by atoms with Crippen molar-refractivity contribution in [3.8, 4) is 6.07 Å². The topological polar surface area (TPSA) is 59.3 Å². The molecule has 4 heteroatoms. The fraction of sp³-hybridized carbons (Fsp3) is 0.600. The van der Waals surface area contributed by atoms with Gasteiger partial charge in [-0.2, -0.15) is 5.26 Å². The number of hydrogen-bond acceptors (Lipinski definition) is 4. The van der Waals surface area contributed by atoms with Crippen LogP contribution >= 0.6 is 0 Å². The summed E-state index contributed by atoms with van der Waals surface area (Å²) in [6.45, 7) is 6.89. The quantitative estimate of drug-likeness (QED) is 0.746. The van der Waals surface area contributed by atoms with E-state index in [2.05, 4.69) is 32.0 Å². The van der Waals surface area contributed by atoms with Crippen LogP contribution in [-0.4, -0.2) is 24.8 Å². The molecule has 0 saturated carbocycles. The summed E-state index contributed by atoms with van der Waals surface area (Å²) in [6.07, 6.45) is 2.43. The van der Waals surface area contributed by atoms with Gasteiger partial charge in [0.25, 0.3) is 0 Å². The van der Waals surface area contributed by atoms with Gasteiger partial charge in [-0.25, -0.2) is 0 Å². The molecule has 1 heterocycles. The molecule has 1 aliphatic rings. The predicted octanol–water partition coefficient (Wildman–Crippen LogP) is 3.75. The van der Waals surface area contributed by atoms with Crippen LogP contribution in [0.3, 0.4) is 0 Å². The van der Waals surface area contributed by atoms with Gasteiger partial charge in [-0.15, -0.1) is 0 Å². The summed E-state index contributed by atoms with van der Waals surface area (Å²) < 4.78 is 11.0. The molecule has 0 N–H and O–H groups in total. The van der Waals surface area contributed by atoms with Crippen molar-refractivity contribution in [3.05, 3.63) is 35.9 Å². The maximum absolute atomic E-state index is 12.3. The molecule has 0 aromatic heterocycles. The van der Waals surface area contributed by atoms with E-state index in [9.17, 15) is 10.1 Å². The Balaban J connectivity index is 2.26. The Morgan fingerprint density at radius 2 is 2.12 bits per heavy atom. The highest BCUT2D eigenvalue weighted by atomic mass is 16.5. The summed E-state index contributed by atoms with van der Waals surface area (Å²) in [5, 5.41) is 9.65. The molecule has 2 rings (SSSR count). The van der Waals surface area contributed by atoms with E-state index in [0.717, 1.165) is 18.4 Å². The minimum atomic E-state index is -0.732. The Kier molecular flexibility index (Phi) is 6.39. The van der Waals surface area contributed by atoms with Gasteiger partial charge in [0.15, 0.2) is 0 Å². The summed E-state index contributed by atoms with van der Waals surface area (Å²) in [5.41, 5.74) is 0.934. The Labute approximate surface area is 144 Å². The van der Waals surface area contributed by atoms with E-state index in [4.69, 9.17) is 9.47 Å². The van der Waals surface area contributed by atoms with Crippen LogP contribution in [0.2, 0.25) is 0 Å². The molecule has 0 radical (unpaired) electrons. The van der Waals surface area contributed by atoms with Crippen LogP contribution in [-0.2, 0) is 20.7 Å². The predicted molar refractivity (Wildman–Crippen MR) is 92.1 cm³/mol. The molecule has 3 atom stereocenters. The van der Waals surface area contributed by atoms with E-state index in [-0.39, 0.29) is 17.4 Å². The number of hydrogen-bond donors (Lipinski definition) is 0. The molecule has 130 valence electrons. The number of esters is 1. The second kappa shape index (κ2) is 8.30. The lowest BCUT2D eigenvalue weighted by molar-refractivity contribution is -0.150. The highest BCUT2D eigenvalue weighted by Gasteiger charge is 2.40. The normalized spacial score (nSPS) is 22.2. The molecule has 0 unspecified atom stereocenters. The van der Waals surface area contributed by atoms with Crippen molar-refractivity contribution in [2.45, 2.75) is 45.6 Å². The Hall–Kier alpha value is -1.86. The third kappa shape index (κ3) is 4.82. The molecule has 1 saturated heterocycles. The third-order valence-electron chi connectivity index (χ3n) is 4.76. The van der Waals surface area contributed by atoms with E-state index in [1.807, 2.05) is 18.2 Å². The summed E-state index contributed by atoms with van der Waals surface area (Å²) in [6, 6.07) is 12.3. The molecule has 1 fully saturated rings. The van der Waals surface area contributed by atoms with Gasteiger partial charge < -0.3 is 9.47 Å². The van der Waals surface area contributed by atoms with Gasteiger partial charge in [0.1, 0.15) is 5.92 Å². The third-order valence-corrected chi connectivity index (χ3v) is 4.76. The first-order valence-corrected chi connectivity index (χ1v) is 8.71. The molecule has 24 heavy (non-hydrogen) atoms. The first-order chi connectivity index (χ1) is 11.5. The molecule has 0 bridgehead atoms. The zero-order valence-corrected chi connectivity index (χ0v) is 14.8. The van der Waals surface area contributed by atoms with Crippen LogP contribution in [0, 0.1) is 29.1 Å². The Morgan fingerprint density at radius 3 is 2.71 bits per heavy atom. The monoisotopic (exact) mass is 329 g/mol. The molecule has 0 aliphatic carbocycles. The fourth-order valence-electron chi connectivity index (χ4n) is 3.64. The van der Waals surface area contributed by atoms with Gasteiger partial charge in [-0.1, -0.05) is 30.3 Å². The molecular weight excluding hydrogens is 302 g/mol. The minimum absolute atomic E-state index is 0.0559. The molecule has 1 aromatic carbocycles. The molecule has 4 nitrogen and oxygen atoms in total.